The number of methoxy groups -OCH3 is 1. The van der Waals surface area contributed by atoms with Crippen molar-refractivity contribution >= 4 is 11.8 Å². The molecule has 5 N–H and O–H groups in total. The first kappa shape index (κ1) is 26.4. The van der Waals surface area contributed by atoms with Crippen molar-refractivity contribution in [3.8, 4) is 5.75 Å². The molecule has 0 aliphatic heterocycles. The second-order valence-electron chi connectivity index (χ2n) is 8.27. The predicted molar refractivity (Wildman–Crippen MR) is 132 cm³/mol. The van der Waals surface area contributed by atoms with Crippen molar-refractivity contribution in [2.45, 2.75) is 50.6 Å². The van der Waals surface area contributed by atoms with E-state index < -0.39 is 12.1 Å². The third-order valence-electron chi connectivity index (χ3n) is 5.80. The van der Waals surface area contributed by atoms with Crippen LogP contribution in [-0.2, 0) is 22.4 Å². The summed E-state index contributed by atoms with van der Waals surface area (Å²) in [5.74, 6) is 0.440. The lowest BCUT2D eigenvalue weighted by Crippen LogP contribution is -2.52. The van der Waals surface area contributed by atoms with E-state index in [9.17, 15) is 9.59 Å². The molecule has 0 unspecified atom stereocenters. The molecule has 2 aromatic rings. The van der Waals surface area contributed by atoms with Crippen molar-refractivity contribution in [2.75, 3.05) is 27.2 Å². The summed E-state index contributed by atoms with van der Waals surface area (Å²) in [4.78, 5) is 27.3. The molecule has 0 heterocycles. The van der Waals surface area contributed by atoms with Gasteiger partial charge in [-0.05, 0) is 68.3 Å². The van der Waals surface area contributed by atoms with Gasteiger partial charge in [0, 0.05) is 13.6 Å². The minimum Gasteiger partial charge on any atom is -0.497 e. The van der Waals surface area contributed by atoms with Crippen LogP contribution >= 0.6 is 0 Å². The van der Waals surface area contributed by atoms with Gasteiger partial charge in [0.1, 0.15) is 11.8 Å². The number of aryl methyl sites for hydroxylation is 2. The third kappa shape index (κ3) is 8.86. The Kier molecular flexibility index (Phi) is 11.4. The summed E-state index contributed by atoms with van der Waals surface area (Å²) in [7, 11) is 3.30. The highest BCUT2D eigenvalue weighted by Crippen LogP contribution is 2.13. The highest BCUT2D eigenvalue weighted by atomic mass is 16.5. The molecule has 2 rings (SSSR count). The molecule has 0 saturated carbocycles. The Balaban J connectivity index is 1.85. The molecule has 0 aromatic heterocycles. The van der Waals surface area contributed by atoms with E-state index in [2.05, 4.69) is 5.32 Å². The average molecular weight is 455 g/mol. The normalized spacial score (nSPS) is 12.6. The fraction of sp³-hybridized carbons (Fsp3) is 0.462. The van der Waals surface area contributed by atoms with Crippen LogP contribution in [0, 0.1) is 0 Å². The maximum atomic E-state index is 12.9. The lowest BCUT2D eigenvalue weighted by atomic mass is 10.0. The molecule has 0 bridgehead atoms. The van der Waals surface area contributed by atoms with Crippen molar-refractivity contribution < 1.29 is 14.3 Å². The van der Waals surface area contributed by atoms with Crippen LogP contribution in [0.25, 0.3) is 0 Å². The number of rotatable bonds is 14. The Labute approximate surface area is 197 Å². The quantitative estimate of drug-likeness (QED) is 0.379. The molecule has 2 aromatic carbocycles. The second-order valence-corrected chi connectivity index (χ2v) is 8.27. The Morgan fingerprint density at radius 2 is 1.64 bits per heavy atom. The summed E-state index contributed by atoms with van der Waals surface area (Å²) >= 11 is 0. The zero-order chi connectivity index (χ0) is 24.1. The van der Waals surface area contributed by atoms with Gasteiger partial charge in [0.15, 0.2) is 0 Å². The van der Waals surface area contributed by atoms with Crippen LogP contribution in [0.5, 0.6) is 5.75 Å². The fourth-order valence-electron chi connectivity index (χ4n) is 3.73. The number of nitrogens with zero attached hydrogens (tertiary/aromatic N) is 1. The number of carbonyl (C=O) groups is 2. The first-order chi connectivity index (χ1) is 16.0. The topological polar surface area (TPSA) is 111 Å². The zero-order valence-corrected chi connectivity index (χ0v) is 19.8. The van der Waals surface area contributed by atoms with Crippen LogP contribution in [0.15, 0.2) is 54.6 Å². The van der Waals surface area contributed by atoms with Crippen molar-refractivity contribution in [3.63, 3.8) is 0 Å². The maximum absolute atomic E-state index is 12.9. The van der Waals surface area contributed by atoms with E-state index in [1.807, 2.05) is 54.6 Å². The number of carbonyl (C=O) groups excluding carboxylic acids is 2. The maximum Gasteiger partial charge on any atom is 0.242 e. The van der Waals surface area contributed by atoms with Crippen molar-refractivity contribution in [1.82, 2.24) is 10.2 Å². The number of nitrogens with one attached hydrogen (secondary N) is 1. The van der Waals surface area contributed by atoms with Crippen LogP contribution in [0.3, 0.4) is 0 Å². The first-order valence-electron chi connectivity index (χ1n) is 11.6. The first-order valence-corrected chi connectivity index (χ1v) is 11.6. The van der Waals surface area contributed by atoms with Crippen molar-refractivity contribution in [3.05, 3.63) is 65.7 Å². The van der Waals surface area contributed by atoms with E-state index in [-0.39, 0.29) is 11.8 Å². The van der Waals surface area contributed by atoms with Gasteiger partial charge in [0.25, 0.3) is 0 Å². The highest BCUT2D eigenvalue weighted by molar-refractivity contribution is 5.89. The predicted octanol–water partition coefficient (Wildman–Crippen LogP) is 2.27. The summed E-state index contributed by atoms with van der Waals surface area (Å²) in [6.07, 6.45) is 4.05. The smallest absolute Gasteiger partial charge is 0.242 e. The fourth-order valence-corrected chi connectivity index (χ4v) is 3.73. The number of nitrogens with two attached hydrogens (primary N) is 2. The molecular formula is C26H38N4O3. The lowest BCUT2D eigenvalue weighted by Gasteiger charge is -2.29. The molecule has 0 aliphatic carbocycles. The zero-order valence-electron chi connectivity index (χ0n) is 19.8. The SMILES string of the molecule is COc1ccc(CCCNC(=O)[C@H](CCCN)N(C)C(=O)[C@@H](N)CCc2ccccc2)cc1. The van der Waals surface area contributed by atoms with Crippen LogP contribution in [0.4, 0.5) is 0 Å². The molecule has 180 valence electrons. The molecule has 7 heteroatoms. The third-order valence-corrected chi connectivity index (χ3v) is 5.80. The van der Waals surface area contributed by atoms with Gasteiger partial charge in [-0.3, -0.25) is 9.59 Å². The van der Waals surface area contributed by atoms with Gasteiger partial charge in [-0.1, -0.05) is 42.5 Å². The van der Waals surface area contributed by atoms with E-state index in [1.165, 1.54) is 10.5 Å². The average Bonchev–Trinajstić information content (AvgIpc) is 2.85. The van der Waals surface area contributed by atoms with Gasteiger partial charge in [-0.15, -0.1) is 0 Å². The van der Waals surface area contributed by atoms with E-state index >= 15 is 0 Å². The van der Waals surface area contributed by atoms with Crippen LogP contribution in [0.2, 0.25) is 0 Å². The summed E-state index contributed by atoms with van der Waals surface area (Å²) < 4.78 is 5.17. The number of amides is 2. The summed E-state index contributed by atoms with van der Waals surface area (Å²) in [6, 6.07) is 16.6. The van der Waals surface area contributed by atoms with E-state index in [1.54, 1.807) is 14.2 Å². The van der Waals surface area contributed by atoms with Gasteiger partial charge < -0.3 is 26.4 Å². The Morgan fingerprint density at radius 3 is 2.27 bits per heavy atom. The number of likely N-dealkylation sites (N-methyl/N-ethyl adjacent to an activating group) is 1. The molecule has 7 nitrogen and oxygen atoms in total. The second kappa shape index (κ2) is 14.3. The van der Waals surface area contributed by atoms with Crippen LogP contribution < -0.4 is 21.5 Å². The Morgan fingerprint density at radius 1 is 0.970 bits per heavy atom. The molecule has 0 radical (unpaired) electrons. The molecule has 0 fully saturated rings. The summed E-state index contributed by atoms with van der Waals surface area (Å²) in [5, 5.41) is 2.98. The molecule has 0 saturated heterocycles. The van der Waals surface area contributed by atoms with Crippen LogP contribution in [0.1, 0.15) is 36.8 Å². The van der Waals surface area contributed by atoms with Gasteiger partial charge >= 0.3 is 0 Å². The van der Waals surface area contributed by atoms with Crippen molar-refractivity contribution in [2.24, 2.45) is 11.5 Å². The lowest BCUT2D eigenvalue weighted by molar-refractivity contribution is -0.140. The monoisotopic (exact) mass is 454 g/mol. The van der Waals surface area contributed by atoms with Gasteiger partial charge in [0.05, 0.1) is 13.2 Å². The molecule has 2 atom stereocenters. The van der Waals surface area contributed by atoms with Crippen LogP contribution in [-0.4, -0.2) is 56.0 Å². The number of hydrogen-bond donors (Lipinski definition) is 3. The Hall–Kier alpha value is -2.90. The van der Waals surface area contributed by atoms with Crippen molar-refractivity contribution in [1.29, 1.82) is 0 Å². The standard InChI is InChI=1S/C26H38N4O3/c1-30(26(32)23(28)17-14-20-8-4-3-5-9-20)24(11-6-18-27)25(31)29-19-7-10-21-12-15-22(33-2)16-13-21/h3-5,8-9,12-13,15-16,23-24H,6-7,10-11,14,17-19,27-28H2,1-2H3,(H,29,31)/t23-,24-/m0/s1. The minimum atomic E-state index is -0.654. The number of benzene rings is 2. The molecule has 0 spiro atoms. The largest absolute Gasteiger partial charge is 0.497 e. The van der Waals surface area contributed by atoms with E-state index in [0.29, 0.717) is 38.8 Å². The molecule has 0 aliphatic rings. The molecule has 33 heavy (non-hydrogen) atoms. The number of hydrogen-bond acceptors (Lipinski definition) is 5. The van der Waals surface area contributed by atoms with Gasteiger partial charge in [-0.25, -0.2) is 0 Å². The molecular weight excluding hydrogens is 416 g/mol. The molecule has 2 amide bonds. The summed E-state index contributed by atoms with van der Waals surface area (Å²) in [6.45, 7) is 0.995. The Bertz CT molecular complexity index is 842. The van der Waals surface area contributed by atoms with Gasteiger partial charge in [0.2, 0.25) is 11.8 Å². The van der Waals surface area contributed by atoms with Gasteiger partial charge in [-0.2, -0.15) is 0 Å². The summed E-state index contributed by atoms with van der Waals surface area (Å²) in [5.41, 5.74) is 14.2. The number of ether oxygens (including phenoxy) is 1. The minimum absolute atomic E-state index is 0.163. The van der Waals surface area contributed by atoms with E-state index in [0.717, 1.165) is 24.2 Å². The highest BCUT2D eigenvalue weighted by Gasteiger charge is 2.29. The van der Waals surface area contributed by atoms with E-state index in [4.69, 9.17) is 16.2 Å².